The van der Waals surface area contributed by atoms with E-state index in [9.17, 15) is 26.4 Å². The second-order valence-corrected chi connectivity index (χ2v) is 9.11. The minimum atomic E-state index is -4.79. The molecule has 1 aliphatic carbocycles. The molecule has 11 heteroatoms. The van der Waals surface area contributed by atoms with Crippen molar-refractivity contribution in [2.75, 3.05) is 18.0 Å². The van der Waals surface area contributed by atoms with Crippen molar-refractivity contribution in [2.45, 2.75) is 30.0 Å². The van der Waals surface area contributed by atoms with Gasteiger partial charge < -0.3 is 10.1 Å². The van der Waals surface area contributed by atoms with Crippen molar-refractivity contribution in [3.05, 3.63) is 53.1 Å². The maximum Gasteiger partial charge on any atom is 0.417 e. The van der Waals surface area contributed by atoms with Crippen LogP contribution in [-0.4, -0.2) is 34.0 Å². The zero-order valence-corrected chi connectivity index (χ0v) is 17.3. The van der Waals surface area contributed by atoms with Gasteiger partial charge in [-0.3, -0.25) is 9.10 Å². The summed E-state index contributed by atoms with van der Waals surface area (Å²) in [4.78, 5) is 11.1. The van der Waals surface area contributed by atoms with Crippen LogP contribution < -0.4 is 14.4 Å². The average Bonchev–Trinajstić information content (AvgIpc) is 3.49. The number of anilines is 1. The van der Waals surface area contributed by atoms with E-state index in [-0.39, 0.29) is 24.2 Å². The van der Waals surface area contributed by atoms with Crippen LogP contribution in [-0.2, 0) is 21.0 Å². The smallest absolute Gasteiger partial charge is 0.417 e. The Morgan fingerprint density at radius 3 is 2.40 bits per heavy atom. The molecule has 0 aliphatic heterocycles. The Kier molecular flexibility index (Phi) is 6.19. The number of carbonyl (C=O) groups is 1. The fourth-order valence-electron chi connectivity index (χ4n) is 2.58. The van der Waals surface area contributed by atoms with Gasteiger partial charge in [0.15, 0.2) is 6.61 Å². The number of nitrogens with one attached hydrogen (secondary N) is 1. The third kappa shape index (κ3) is 5.17. The van der Waals surface area contributed by atoms with E-state index in [0.29, 0.717) is 11.8 Å². The molecule has 1 N–H and O–H groups in total. The standard InChI is InChI=1S/C19H18ClF3N2O4S/c1-25(30(27,28)15-8-9-17(20)16(10-15)19(21,22)23)13-4-6-14(7-5-13)29-11-18(26)24-12-2-3-12/h4-10,12H,2-3,11H2,1H3,(H,24,26). The van der Waals surface area contributed by atoms with Crippen molar-refractivity contribution in [1.29, 1.82) is 0 Å². The van der Waals surface area contributed by atoms with Gasteiger partial charge in [0.05, 0.1) is 21.2 Å². The fraction of sp³-hybridized carbons (Fsp3) is 0.316. The molecule has 0 radical (unpaired) electrons. The van der Waals surface area contributed by atoms with Gasteiger partial charge in [0.25, 0.3) is 15.9 Å². The maximum absolute atomic E-state index is 13.1. The van der Waals surface area contributed by atoms with Crippen molar-refractivity contribution in [2.24, 2.45) is 0 Å². The third-order valence-electron chi connectivity index (χ3n) is 4.41. The van der Waals surface area contributed by atoms with Crippen LogP contribution in [0, 0.1) is 0 Å². The van der Waals surface area contributed by atoms with Gasteiger partial charge in [-0.05, 0) is 55.3 Å². The van der Waals surface area contributed by atoms with Gasteiger partial charge in [0.2, 0.25) is 0 Å². The van der Waals surface area contributed by atoms with Crippen molar-refractivity contribution in [3.63, 3.8) is 0 Å². The number of halogens is 4. The average molecular weight is 463 g/mol. The molecule has 0 atom stereocenters. The van der Waals surface area contributed by atoms with Gasteiger partial charge in [-0.25, -0.2) is 8.42 Å². The largest absolute Gasteiger partial charge is 0.484 e. The summed E-state index contributed by atoms with van der Waals surface area (Å²) in [6, 6.07) is 8.41. The van der Waals surface area contributed by atoms with E-state index >= 15 is 0 Å². The van der Waals surface area contributed by atoms with E-state index in [0.717, 1.165) is 29.3 Å². The monoisotopic (exact) mass is 462 g/mol. The van der Waals surface area contributed by atoms with Gasteiger partial charge in [0, 0.05) is 13.1 Å². The second-order valence-electron chi connectivity index (χ2n) is 6.74. The molecular weight excluding hydrogens is 445 g/mol. The van der Waals surface area contributed by atoms with Crippen LogP contribution in [0.3, 0.4) is 0 Å². The summed E-state index contributed by atoms with van der Waals surface area (Å²) in [6.45, 7) is -0.172. The Balaban J connectivity index is 1.73. The van der Waals surface area contributed by atoms with Crippen LogP contribution >= 0.6 is 11.6 Å². The highest BCUT2D eigenvalue weighted by molar-refractivity contribution is 7.92. The lowest BCUT2D eigenvalue weighted by Gasteiger charge is -2.21. The molecule has 1 saturated carbocycles. The molecular formula is C19H18ClF3N2O4S. The van der Waals surface area contributed by atoms with Crippen molar-refractivity contribution < 1.29 is 31.1 Å². The summed E-state index contributed by atoms with van der Waals surface area (Å²) in [5.41, 5.74) is -1.03. The lowest BCUT2D eigenvalue weighted by atomic mass is 10.2. The number of ether oxygens (including phenoxy) is 1. The van der Waals surface area contributed by atoms with Crippen LogP contribution in [0.25, 0.3) is 0 Å². The first-order valence-corrected chi connectivity index (χ1v) is 10.7. The Labute approximate surface area is 176 Å². The summed E-state index contributed by atoms with van der Waals surface area (Å²) >= 11 is 5.56. The van der Waals surface area contributed by atoms with E-state index in [1.807, 2.05) is 0 Å². The molecule has 0 spiro atoms. The van der Waals surface area contributed by atoms with E-state index in [1.54, 1.807) is 0 Å². The van der Waals surface area contributed by atoms with Gasteiger partial charge in [-0.15, -0.1) is 0 Å². The molecule has 3 rings (SSSR count). The summed E-state index contributed by atoms with van der Waals surface area (Å²) in [7, 11) is -3.05. The minimum Gasteiger partial charge on any atom is -0.484 e. The molecule has 162 valence electrons. The topological polar surface area (TPSA) is 75.7 Å². The van der Waals surface area contributed by atoms with Crippen LogP contribution in [0.2, 0.25) is 5.02 Å². The second kappa shape index (κ2) is 8.35. The highest BCUT2D eigenvalue weighted by atomic mass is 35.5. The number of benzene rings is 2. The first kappa shape index (κ1) is 22.2. The molecule has 1 fully saturated rings. The number of alkyl halides is 3. The lowest BCUT2D eigenvalue weighted by molar-refractivity contribution is -0.137. The molecule has 0 unspecified atom stereocenters. The Bertz CT molecular complexity index is 1040. The number of hydrogen-bond donors (Lipinski definition) is 1. The predicted molar refractivity (Wildman–Crippen MR) is 105 cm³/mol. The number of hydrogen-bond acceptors (Lipinski definition) is 4. The number of nitrogens with zero attached hydrogens (tertiary/aromatic N) is 1. The molecule has 0 aromatic heterocycles. The molecule has 2 aromatic carbocycles. The first-order chi connectivity index (χ1) is 14.0. The van der Waals surface area contributed by atoms with E-state index < -0.39 is 31.7 Å². The zero-order chi connectivity index (χ0) is 22.1. The van der Waals surface area contributed by atoms with Gasteiger partial charge in [0.1, 0.15) is 5.75 Å². The van der Waals surface area contributed by atoms with E-state index in [4.69, 9.17) is 16.3 Å². The first-order valence-electron chi connectivity index (χ1n) is 8.86. The normalized spacial score (nSPS) is 14.3. The molecule has 0 saturated heterocycles. The maximum atomic E-state index is 13.1. The van der Waals surface area contributed by atoms with E-state index in [1.165, 1.54) is 31.3 Å². The molecule has 0 bridgehead atoms. The number of carbonyl (C=O) groups excluding carboxylic acids is 1. The van der Waals surface area contributed by atoms with Gasteiger partial charge in [-0.1, -0.05) is 11.6 Å². The minimum absolute atomic E-state index is 0.172. The van der Waals surface area contributed by atoms with Gasteiger partial charge >= 0.3 is 6.18 Å². The molecule has 6 nitrogen and oxygen atoms in total. The van der Waals surface area contributed by atoms with Crippen LogP contribution in [0.5, 0.6) is 5.75 Å². The summed E-state index contributed by atoms with van der Waals surface area (Å²) in [5.74, 6) is 0.103. The Hall–Kier alpha value is -2.46. The summed E-state index contributed by atoms with van der Waals surface area (Å²) in [6.07, 6.45) is -2.87. The molecule has 1 amide bonds. The SMILES string of the molecule is CN(c1ccc(OCC(=O)NC2CC2)cc1)S(=O)(=O)c1ccc(Cl)c(C(F)(F)F)c1. The van der Waals surface area contributed by atoms with Crippen molar-refractivity contribution >= 4 is 33.2 Å². The summed E-state index contributed by atoms with van der Waals surface area (Å²) in [5, 5.41) is 2.18. The number of sulfonamides is 1. The third-order valence-corrected chi connectivity index (χ3v) is 6.53. The molecule has 1 aliphatic rings. The predicted octanol–water partition coefficient (Wildman–Crippen LogP) is 3.84. The molecule has 30 heavy (non-hydrogen) atoms. The van der Waals surface area contributed by atoms with Gasteiger partial charge in [-0.2, -0.15) is 13.2 Å². The fourth-order valence-corrected chi connectivity index (χ4v) is 4.02. The highest BCUT2D eigenvalue weighted by Gasteiger charge is 2.35. The van der Waals surface area contributed by atoms with Crippen LogP contribution in [0.4, 0.5) is 18.9 Å². The molecule has 2 aromatic rings. The Morgan fingerprint density at radius 2 is 1.83 bits per heavy atom. The highest BCUT2D eigenvalue weighted by Crippen LogP contribution is 2.36. The van der Waals surface area contributed by atoms with Crippen molar-refractivity contribution in [3.8, 4) is 5.75 Å². The van der Waals surface area contributed by atoms with Crippen LogP contribution in [0.1, 0.15) is 18.4 Å². The van der Waals surface area contributed by atoms with Crippen LogP contribution in [0.15, 0.2) is 47.4 Å². The number of rotatable bonds is 7. The van der Waals surface area contributed by atoms with Crippen molar-refractivity contribution in [1.82, 2.24) is 5.32 Å². The lowest BCUT2D eigenvalue weighted by Crippen LogP contribution is -2.30. The molecule has 0 heterocycles. The summed E-state index contributed by atoms with van der Waals surface area (Å²) < 4.78 is 70.9. The number of amides is 1. The zero-order valence-electron chi connectivity index (χ0n) is 15.7. The quantitative estimate of drug-likeness (QED) is 0.678. The Morgan fingerprint density at radius 1 is 1.20 bits per heavy atom. The van der Waals surface area contributed by atoms with E-state index in [2.05, 4.69) is 5.32 Å².